The molecule has 0 bridgehead atoms. The van der Waals surface area contributed by atoms with E-state index in [-0.39, 0.29) is 6.04 Å². The first kappa shape index (κ1) is 9.54. The van der Waals surface area contributed by atoms with Gasteiger partial charge in [0.2, 0.25) is 0 Å². The maximum Gasteiger partial charge on any atom is 0.0955 e. The van der Waals surface area contributed by atoms with E-state index in [9.17, 15) is 0 Å². The van der Waals surface area contributed by atoms with Crippen LogP contribution >= 0.6 is 0 Å². The molecule has 0 amide bonds. The molecule has 1 heterocycles. The lowest BCUT2D eigenvalue weighted by molar-refractivity contribution is 0.174. The van der Waals surface area contributed by atoms with E-state index in [1.165, 1.54) is 6.42 Å². The highest BCUT2D eigenvalue weighted by molar-refractivity contribution is 4.96. The van der Waals surface area contributed by atoms with E-state index in [0.717, 1.165) is 13.0 Å². The molecule has 0 aromatic rings. The van der Waals surface area contributed by atoms with Gasteiger partial charge < -0.3 is 5.32 Å². The van der Waals surface area contributed by atoms with Gasteiger partial charge in [-0.3, -0.25) is 0 Å². The summed E-state index contributed by atoms with van der Waals surface area (Å²) in [5, 5.41) is 12.0. The highest BCUT2D eigenvalue weighted by Crippen LogP contribution is 2.33. The van der Waals surface area contributed by atoms with Crippen LogP contribution in [0.3, 0.4) is 0 Å². The first-order chi connectivity index (χ1) is 5.54. The Balaban J connectivity index is 2.53. The molecule has 1 N–H and O–H groups in total. The van der Waals surface area contributed by atoms with E-state index in [0.29, 0.717) is 11.3 Å². The molecule has 0 radical (unpaired) electrons. The van der Waals surface area contributed by atoms with Crippen LogP contribution in [0.5, 0.6) is 0 Å². The van der Waals surface area contributed by atoms with Crippen molar-refractivity contribution in [1.29, 1.82) is 5.26 Å². The molecule has 0 saturated carbocycles. The summed E-state index contributed by atoms with van der Waals surface area (Å²) in [5.41, 5.74) is 0.358. The Morgan fingerprint density at radius 3 is 2.58 bits per heavy atom. The van der Waals surface area contributed by atoms with Gasteiger partial charge in [-0.15, -0.1) is 0 Å². The Morgan fingerprint density at radius 1 is 1.42 bits per heavy atom. The van der Waals surface area contributed by atoms with E-state index < -0.39 is 0 Å². The normalized spacial score (nSPS) is 31.2. The fourth-order valence-corrected chi connectivity index (χ4v) is 1.80. The molecular formula is C10H18N2. The minimum absolute atomic E-state index is 0.0861. The molecule has 0 spiro atoms. The molecule has 0 aromatic heterocycles. The second kappa shape index (κ2) is 3.45. The summed E-state index contributed by atoms with van der Waals surface area (Å²) in [6.07, 6.45) is 2.22. The quantitative estimate of drug-likeness (QED) is 0.597. The molecule has 0 aromatic carbocycles. The van der Waals surface area contributed by atoms with Gasteiger partial charge in [0, 0.05) is 0 Å². The Labute approximate surface area is 75.0 Å². The van der Waals surface area contributed by atoms with Crippen molar-refractivity contribution in [3.8, 4) is 6.07 Å². The van der Waals surface area contributed by atoms with Gasteiger partial charge in [0.1, 0.15) is 0 Å². The summed E-state index contributed by atoms with van der Waals surface area (Å²) in [5.74, 6) is 0.698. The lowest BCUT2D eigenvalue weighted by Gasteiger charge is -2.36. The second-order valence-electron chi connectivity index (χ2n) is 4.72. The van der Waals surface area contributed by atoms with Gasteiger partial charge in [-0.1, -0.05) is 20.8 Å². The van der Waals surface area contributed by atoms with E-state index in [1.807, 2.05) is 0 Å². The Morgan fingerprint density at radius 2 is 2.08 bits per heavy atom. The van der Waals surface area contributed by atoms with Gasteiger partial charge in [-0.05, 0) is 30.7 Å². The van der Waals surface area contributed by atoms with Gasteiger partial charge >= 0.3 is 0 Å². The van der Waals surface area contributed by atoms with Crippen molar-refractivity contribution in [1.82, 2.24) is 5.32 Å². The standard InChI is InChI=1S/C10H18N2/c1-10(2,3)8-4-5-12-9(6-8)7-11/h8-9,12H,4-6H2,1-3H3. The van der Waals surface area contributed by atoms with Crippen LogP contribution in [0.4, 0.5) is 0 Å². The van der Waals surface area contributed by atoms with Crippen molar-refractivity contribution in [2.45, 2.75) is 39.7 Å². The van der Waals surface area contributed by atoms with Crippen LogP contribution in [0.1, 0.15) is 33.6 Å². The third kappa shape index (κ3) is 2.22. The Hall–Kier alpha value is -0.550. The predicted octanol–water partition coefficient (Wildman–Crippen LogP) is 1.92. The van der Waals surface area contributed by atoms with E-state index in [4.69, 9.17) is 5.26 Å². The van der Waals surface area contributed by atoms with Crippen molar-refractivity contribution < 1.29 is 0 Å². The van der Waals surface area contributed by atoms with Crippen molar-refractivity contribution in [2.24, 2.45) is 11.3 Å². The molecule has 2 atom stereocenters. The number of nitriles is 1. The van der Waals surface area contributed by atoms with Gasteiger partial charge in [0.25, 0.3) is 0 Å². The Bertz CT molecular complexity index is 185. The molecule has 1 saturated heterocycles. The molecule has 2 heteroatoms. The average molecular weight is 166 g/mol. The van der Waals surface area contributed by atoms with Crippen LogP contribution < -0.4 is 5.32 Å². The van der Waals surface area contributed by atoms with Crippen LogP contribution in [-0.4, -0.2) is 12.6 Å². The summed E-state index contributed by atoms with van der Waals surface area (Å²) in [4.78, 5) is 0. The number of piperidine rings is 1. The molecule has 68 valence electrons. The summed E-state index contributed by atoms with van der Waals surface area (Å²) >= 11 is 0. The highest BCUT2D eigenvalue weighted by Gasteiger charge is 2.29. The fraction of sp³-hybridized carbons (Fsp3) is 0.900. The average Bonchev–Trinajstić information content (AvgIpc) is 2.03. The maximum absolute atomic E-state index is 8.76. The largest absolute Gasteiger partial charge is 0.302 e. The molecule has 2 nitrogen and oxygen atoms in total. The fourth-order valence-electron chi connectivity index (χ4n) is 1.80. The first-order valence-electron chi connectivity index (χ1n) is 4.67. The zero-order chi connectivity index (χ0) is 9.19. The minimum atomic E-state index is 0.0861. The van der Waals surface area contributed by atoms with Crippen LogP contribution in [0.2, 0.25) is 0 Å². The van der Waals surface area contributed by atoms with Crippen LogP contribution in [0.15, 0.2) is 0 Å². The lowest BCUT2D eigenvalue weighted by Crippen LogP contribution is -2.41. The number of nitrogens with one attached hydrogen (secondary N) is 1. The maximum atomic E-state index is 8.76. The van der Waals surface area contributed by atoms with E-state index >= 15 is 0 Å². The summed E-state index contributed by atoms with van der Waals surface area (Å²) < 4.78 is 0. The predicted molar refractivity (Wildman–Crippen MR) is 49.6 cm³/mol. The van der Waals surface area contributed by atoms with Gasteiger partial charge in [0.05, 0.1) is 12.1 Å². The number of hydrogen-bond donors (Lipinski definition) is 1. The van der Waals surface area contributed by atoms with Gasteiger partial charge in [0.15, 0.2) is 0 Å². The zero-order valence-electron chi connectivity index (χ0n) is 8.22. The zero-order valence-corrected chi connectivity index (χ0v) is 8.22. The molecule has 0 aliphatic carbocycles. The Kier molecular flexibility index (Phi) is 2.74. The van der Waals surface area contributed by atoms with Crippen LogP contribution in [0, 0.1) is 22.7 Å². The van der Waals surface area contributed by atoms with E-state index in [1.54, 1.807) is 0 Å². The molecular weight excluding hydrogens is 148 g/mol. The monoisotopic (exact) mass is 166 g/mol. The summed E-state index contributed by atoms with van der Waals surface area (Å²) in [6, 6.07) is 2.38. The van der Waals surface area contributed by atoms with Crippen molar-refractivity contribution in [3.05, 3.63) is 0 Å². The van der Waals surface area contributed by atoms with Crippen molar-refractivity contribution in [2.75, 3.05) is 6.54 Å². The lowest BCUT2D eigenvalue weighted by atomic mass is 9.74. The molecule has 1 aliphatic heterocycles. The van der Waals surface area contributed by atoms with Crippen molar-refractivity contribution in [3.63, 3.8) is 0 Å². The summed E-state index contributed by atoms with van der Waals surface area (Å²) in [6.45, 7) is 7.78. The highest BCUT2D eigenvalue weighted by atomic mass is 14.9. The third-order valence-corrected chi connectivity index (χ3v) is 2.78. The smallest absolute Gasteiger partial charge is 0.0955 e. The topological polar surface area (TPSA) is 35.8 Å². The molecule has 1 fully saturated rings. The molecule has 12 heavy (non-hydrogen) atoms. The number of hydrogen-bond acceptors (Lipinski definition) is 2. The SMILES string of the molecule is CC(C)(C)C1CCNC(C#N)C1. The minimum Gasteiger partial charge on any atom is -0.302 e. The van der Waals surface area contributed by atoms with Gasteiger partial charge in [-0.2, -0.15) is 5.26 Å². The third-order valence-electron chi connectivity index (χ3n) is 2.78. The van der Waals surface area contributed by atoms with Crippen LogP contribution in [-0.2, 0) is 0 Å². The second-order valence-corrected chi connectivity index (χ2v) is 4.72. The molecule has 1 aliphatic rings. The van der Waals surface area contributed by atoms with Crippen LogP contribution in [0.25, 0.3) is 0 Å². The van der Waals surface area contributed by atoms with E-state index in [2.05, 4.69) is 32.2 Å². The number of nitrogens with zero attached hydrogens (tertiary/aromatic N) is 1. The summed E-state index contributed by atoms with van der Waals surface area (Å²) in [7, 11) is 0. The number of rotatable bonds is 0. The van der Waals surface area contributed by atoms with Crippen molar-refractivity contribution >= 4 is 0 Å². The van der Waals surface area contributed by atoms with Gasteiger partial charge in [-0.25, -0.2) is 0 Å². The molecule has 2 unspecified atom stereocenters. The molecule has 1 rings (SSSR count). The first-order valence-corrected chi connectivity index (χ1v) is 4.67.